The molecule has 1 aliphatic rings. The normalized spacial score (nSPS) is 13.7. The Bertz CT molecular complexity index is 622. The smallest absolute Gasteiger partial charge is 0.226 e. The monoisotopic (exact) mass is 314 g/mol. The standard InChI is InChI=1S/C18H22N2OS/c1-13-9-11-14(12-10-13)5-4-8-17(21)20-18-19-15-6-2-3-7-16(15)22-18/h9-12H,2-8H2,1H3,(H,19,20,21). The van der Waals surface area contributed by atoms with Crippen LogP contribution in [0.5, 0.6) is 0 Å². The topological polar surface area (TPSA) is 42.0 Å². The highest BCUT2D eigenvalue weighted by molar-refractivity contribution is 7.15. The number of thiazole rings is 1. The lowest BCUT2D eigenvalue weighted by atomic mass is 10.0. The van der Waals surface area contributed by atoms with Gasteiger partial charge in [-0.05, 0) is 51.0 Å². The molecule has 0 bridgehead atoms. The van der Waals surface area contributed by atoms with Crippen LogP contribution < -0.4 is 5.32 Å². The van der Waals surface area contributed by atoms with Gasteiger partial charge in [-0.15, -0.1) is 11.3 Å². The van der Waals surface area contributed by atoms with Gasteiger partial charge < -0.3 is 5.32 Å². The maximum absolute atomic E-state index is 12.0. The van der Waals surface area contributed by atoms with Gasteiger partial charge in [0.25, 0.3) is 0 Å². The van der Waals surface area contributed by atoms with Crippen molar-refractivity contribution in [1.29, 1.82) is 0 Å². The van der Waals surface area contributed by atoms with Crippen molar-refractivity contribution in [3.63, 3.8) is 0 Å². The van der Waals surface area contributed by atoms with Crippen LogP contribution in [-0.2, 0) is 24.1 Å². The molecule has 1 heterocycles. The molecular formula is C18H22N2OS. The summed E-state index contributed by atoms with van der Waals surface area (Å²) in [6.45, 7) is 2.09. The molecule has 1 aromatic carbocycles. The lowest BCUT2D eigenvalue weighted by Gasteiger charge is -2.06. The van der Waals surface area contributed by atoms with E-state index in [1.165, 1.54) is 34.5 Å². The molecule has 0 spiro atoms. The highest BCUT2D eigenvalue weighted by Crippen LogP contribution is 2.29. The van der Waals surface area contributed by atoms with Crippen LogP contribution >= 0.6 is 11.3 Å². The lowest BCUT2D eigenvalue weighted by molar-refractivity contribution is -0.116. The average molecular weight is 314 g/mol. The third kappa shape index (κ3) is 3.95. The molecule has 1 aromatic heterocycles. The van der Waals surface area contributed by atoms with Crippen LogP contribution in [0, 0.1) is 6.92 Å². The lowest BCUT2D eigenvalue weighted by Crippen LogP contribution is -2.11. The summed E-state index contributed by atoms with van der Waals surface area (Å²) >= 11 is 1.65. The SMILES string of the molecule is Cc1ccc(CCCC(=O)Nc2nc3c(s2)CCCC3)cc1. The Kier molecular flexibility index (Phi) is 4.88. The number of aryl methyl sites for hydroxylation is 4. The number of nitrogens with zero attached hydrogens (tertiary/aromatic N) is 1. The number of amides is 1. The van der Waals surface area contributed by atoms with E-state index in [2.05, 4.69) is 41.5 Å². The van der Waals surface area contributed by atoms with Gasteiger partial charge in [0.1, 0.15) is 0 Å². The molecule has 0 atom stereocenters. The molecule has 3 nitrogen and oxygen atoms in total. The first-order valence-electron chi connectivity index (χ1n) is 8.05. The highest BCUT2D eigenvalue weighted by atomic mass is 32.1. The van der Waals surface area contributed by atoms with Crippen LogP contribution in [0.15, 0.2) is 24.3 Å². The molecule has 1 amide bonds. The molecule has 2 aromatic rings. The molecular weight excluding hydrogens is 292 g/mol. The quantitative estimate of drug-likeness (QED) is 0.894. The Morgan fingerprint density at radius 2 is 2.00 bits per heavy atom. The molecule has 0 fully saturated rings. The summed E-state index contributed by atoms with van der Waals surface area (Å²) in [4.78, 5) is 17.9. The van der Waals surface area contributed by atoms with Gasteiger partial charge in [-0.25, -0.2) is 4.98 Å². The number of aromatic nitrogens is 1. The largest absolute Gasteiger partial charge is 0.302 e. The van der Waals surface area contributed by atoms with E-state index in [-0.39, 0.29) is 5.91 Å². The van der Waals surface area contributed by atoms with Crippen molar-refractivity contribution in [2.75, 3.05) is 5.32 Å². The first kappa shape index (κ1) is 15.2. The molecule has 22 heavy (non-hydrogen) atoms. The van der Waals surface area contributed by atoms with E-state index in [9.17, 15) is 4.79 Å². The Morgan fingerprint density at radius 1 is 1.23 bits per heavy atom. The summed E-state index contributed by atoms with van der Waals surface area (Å²) in [5.41, 5.74) is 3.77. The van der Waals surface area contributed by atoms with Gasteiger partial charge in [0, 0.05) is 11.3 Å². The molecule has 3 rings (SSSR count). The number of hydrogen-bond acceptors (Lipinski definition) is 3. The molecule has 1 N–H and O–H groups in total. The minimum atomic E-state index is 0.0817. The summed E-state index contributed by atoms with van der Waals surface area (Å²) in [6, 6.07) is 8.52. The zero-order chi connectivity index (χ0) is 15.4. The van der Waals surface area contributed by atoms with Crippen LogP contribution in [0.2, 0.25) is 0 Å². The predicted molar refractivity (Wildman–Crippen MR) is 91.5 cm³/mol. The summed E-state index contributed by atoms with van der Waals surface area (Å²) in [7, 11) is 0. The Hall–Kier alpha value is -1.68. The van der Waals surface area contributed by atoms with Crippen LogP contribution in [0.1, 0.15) is 47.4 Å². The minimum absolute atomic E-state index is 0.0817. The van der Waals surface area contributed by atoms with E-state index < -0.39 is 0 Å². The van der Waals surface area contributed by atoms with Crippen molar-refractivity contribution in [2.24, 2.45) is 0 Å². The van der Waals surface area contributed by atoms with Crippen LogP contribution in [0.3, 0.4) is 0 Å². The van der Waals surface area contributed by atoms with E-state index in [0.717, 1.165) is 30.8 Å². The van der Waals surface area contributed by atoms with E-state index in [1.807, 2.05) is 0 Å². The zero-order valence-corrected chi connectivity index (χ0v) is 13.8. The number of carbonyl (C=O) groups is 1. The maximum atomic E-state index is 12.0. The van der Waals surface area contributed by atoms with Gasteiger partial charge in [-0.1, -0.05) is 29.8 Å². The number of anilines is 1. The number of nitrogens with one attached hydrogen (secondary N) is 1. The maximum Gasteiger partial charge on any atom is 0.226 e. The van der Waals surface area contributed by atoms with E-state index in [4.69, 9.17) is 0 Å². The third-order valence-electron chi connectivity index (χ3n) is 4.08. The second kappa shape index (κ2) is 7.05. The first-order valence-corrected chi connectivity index (χ1v) is 8.86. The second-order valence-corrected chi connectivity index (χ2v) is 7.07. The van der Waals surface area contributed by atoms with E-state index in [1.54, 1.807) is 11.3 Å². The van der Waals surface area contributed by atoms with Crippen LogP contribution in [0.25, 0.3) is 0 Å². The summed E-state index contributed by atoms with van der Waals surface area (Å²) in [6.07, 6.45) is 7.03. The Labute approximate surface area is 135 Å². The van der Waals surface area contributed by atoms with Gasteiger partial charge >= 0.3 is 0 Å². The van der Waals surface area contributed by atoms with Gasteiger partial charge in [0.05, 0.1) is 5.69 Å². The van der Waals surface area contributed by atoms with E-state index in [0.29, 0.717) is 6.42 Å². The second-order valence-electron chi connectivity index (χ2n) is 5.98. The molecule has 1 aliphatic carbocycles. The van der Waals surface area contributed by atoms with Crippen molar-refractivity contribution in [3.8, 4) is 0 Å². The fourth-order valence-electron chi connectivity index (χ4n) is 2.80. The van der Waals surface area contributed by atoms with Gasteiger partial charge in [0.2, 0.25) is 5.91 Å². The Morgan fingerprint density at radius 3 is 2.77 bits per heavy atom. The summed E-state index contributed by atoms with van der Waals surface area (Å²) in [5, 5.41) is 3.75. The third-order valence-corrected chi connectivity index (χ3v) is 5.15. The van der Waals surface area contributed by atoms with Gasteiger partial charge in [-0.3, -0.25) is 4.79 Å². The number of carbonyl (C=O) groups excluding carboxylic acids is 1. The van der Waals surface area contributed by atoms with Crippen molar-refractivity contribution in [1.82, 2.24) is 4.98 Å². The Balaban J connectivity index is 1.46. The van der Waals surface area contributed by atoms with Crippen molar-refractivity contribution in [3.05, 3.63) is 46.0 Å². The highest BCUT2D eigenvalue weighted by Gasteiger charge is 2.16. The predicted octanol–water partition coefficient (Wildman–Crippen LogP) is 4.29. The number of fused-ring (bicyclic) bond motifs is 1. The minimum Gasteiger partial charge on any atom is -0.302 e. The number of rotatable bonds is 5. The number of benzene rings is 1. The summed E-state index contributed by atoms with van der Waals surface area (Å²) < 4.78 is 0. The average Bonchev–Trinajstić information content (AvgIpc) is 2.91. The molecule has 4 heteroatoms. The molecule has 0 saturated carbocycles. The fraction of sp³-hybridized carbons (Fsp3) is 0.444. The molecule has 0 saturated heterocycles. The fourth-order valence-corrected chi connectivity index (χ4v) is 3.86. The van der Waals surface area contributed by atoms with Crippen molar-refractivity contribution < 1.29 is 4.79 Å². The molecule has 0 radical (unpaired) electrons. The zero-order valence-electron chi connectivity index (χ0n) is 13.0. The van der Waals surface area contributed by atoms with Crippen molar-refractivity contribution in [2.45, 2.75) is 51.9 Å². The first-order chi connectivity index (χ1) is 10.7. The molecule has 0 aliphatic heterocycles. The summed E-state index contributed by atoms with van der Waals surface area (Å²) in [5.74, 6) is 0.0817. The van der Waals surface area contributed by atoms with Crippen LogP contribution in [0.4, 0.5) is 5.13 Å². The van der Waals surface area contributed by atoms with E-state index >= 15 is 0 Å². The van der Waals surface area contributed by atoms with Crippen molar-refractivity contribution >= 4 is 22.4 Å². The van der Waals surface area contributed by atoms with Gasteiger partial charge in [-0.2, -0.15) is 0 Å². The number of hydrogen-bond donors (Lipinski definition) is 1. The molecule has 0 unspecified atom stereocenters. The molecule has 116 valence electrons. The van der Waals surface area contributed by atoms with Crippen LogP contribution in [-0.4, -0.2) is 10.9 Å². The van der Waals surface area contributed by atoms with Gasteiger partial charge in [0.15, 0.2) is 5.13 Å².